The van der Waals surface area contributed by atoms with Crippen molar-refractivity contribution >= 4 is 17.3 Å². The molecule has 1 heterocycles. The smallest absolute Gasteiger partial charge is 0.303 e. The quantitative estimate of drug-likeness (QED) is 0.592. The summed E-state index contributed by atoms with van der Waals surface area (Å²) in [7, 11) is 0. The Kier molecular flexibility index (Phi) is 3.33. The van der Waals surface area contributed by atoms with Gasteiger partial charge in [0.05, 0.1) is 11.4 Å². The molecule has 0 radical (unpaired) electrons. The minimum atomic E-state index is -0.377. The van der Waals surface area contributed by atoms with Crippen LogP contribution in [0.3, 0.4) is 0 Å². The van der Waals surface area contributed by atoms with Gasteiger partial charge in [0, 0.05) is 18.9 Å². The molecule has 0 spiro atoms. The van der Waals surface area contributed by atoms with Crippen LogP contribution in [-0.2, 0) is 16.0 Å². The molecule has 1 atom stereocenters. The molecule has 0 N–H and O–H groups in total. The molecule has 1 unspecified atom stereocenters. The van der Waals surface area contributed by atoms with Crippen LogP contribution in [0.2, 0.25) is 0 Å². The zero-order chi connectivity index (χ0) is 14.8. The van der Waals surface area contributed by atoms with Gasteiger partial charge in [-0.25, -0.2) is 4.90 Å². The van der Waals surface area contributed by atoms with E-state index in [-0.39, 0.29) is 12.1 Å². The van der Waals surface area contributed by atoms with Crippen molar-refractivity contribution in [2.45, 2.75) is 19.4 Å². The molecule has 0 saturated carbocycles. The molecule has 1 aliphatic heterocycles. The molecule has 0 amide bonds. The van der Waals surface area contributed by atoms with Gasteiger partial charge in [-0.1, -0.05) is 36.4 Å². The monoisotopic (exact) mass is 278 g/mol. The summed E-state index contributed by atoms with van der Waals surface area (Å²) in [5.74, 6) is -0.322. The van der Waals surface area contributed by atoms with Crippen LogP contribution in [-0.4, -0.2) is 5.97 Å². The molecule has 1 aliphatic rings. The summed E-state index contributed by atoms with van der Waals surface area (Å²) >= 11 is 0. The predicted molar refractivity (Wildman–Crippen MR) is 78.8 cm³/mol. The number of ether oxygens (including phenoxy) is 1. The summed E-state index contributed by atoms with van der Waals surface area (Å²) in [6.07, 6.45) is 2.41. The van der Waals surface area contributed by atoms with E-state index in [1.165, 1.54) is 6.92 Å². The first-order valence-electron chi connectivity index (χ1n) is 6.74. The number of benzene rings is 2. The number of nitriles is 1. The van der Waals surface area contributed by atoms with E-state index in [0.717, 1.165) is 22.5 Å². The molecule has 2 aromatic carbocycles. The molecule has 4 heteroatoms. The average molecular weight is 278 g/mol. The van der Waals surface area contributed by atoms with Crippen LogP contribution in [0.5, 0.6) is 0 Å². The minimum Gasteiger partial charge on any atom is -0.457 e. The Labute approximate surface area is 123 Å². The van der Waals surface area contributed by atoms with Crippen LogP contribution >= 0.6 is 0 Å². The summed E-state index contributed by atoms with van der Waals surface area (Å²) in [6.45, 7) is 1.40. The number of anilines is 2. The van der Waals surface area contributed by atoms with Crippen LogP contribution in [0.25, 0.3) is 0 Å². The number of hydrogen-bond acceptors (Lipinski definition) is 4. The molecular formula is C17H14N2O2. The zero-order valence-electron chi connectivity index (χ0n) is 11.6. The molecule has 0 aromatic heterocycles. The van der Waals surface area contributed by atoms with E-state index in [2.05, 4.69) is 6.19 Å². The lowest BCUT2D eigenvalue weighted by Gasteiger charge is -2.19. The van der Waals surface area contributed by atoms with E-state index in [0.29, 0.717) is 6.42 Å². The predicted octanol–water partition coefficient (Wildman–Crippen LogP) is 3.47. The Morgan fingerprint density at radius 3 is 2.57 bits per heavy atom. The second-order valence-corrected chi connectivity index (χ2v) is 4.93. The summed E-state index contributed by atoms with van der Waals surface area (Å²) in [5, 5.41) is 9.55. The van der Waals surface area contributed by atoms with Gasteiger partial charge in [0.25, 0.3) is 0 Å². The van der Waals surface area contributed by atoms with Gasteiger partial charge in [0.1, 0.15) is 6.10 Å². The lowest BCUT2D eigenvalue weighted by molar-refractivity contribution is -0.146. The van der Waals surface area contributed by atoms with E-state index in [9.17, 15) is 10.1 Å². The first-order chi connectivity index (χ1) is 10.2. The Bertz CT molecular complexity index is 734. The van der Waals surface area contributed by atoms with Crippen LogP contribution in [0.15, 0.2) is 48.5 Å². The third-order valence-corrected chi connectivity index (χ3v) is 3.57. The van der Waals surface area contributed by atoms with Gasteiger partial charge in [0.15, 0.2) is 6.19 Å². The number of carbonyl (C=O) groups is 1. The molecule has 3 rings (SSSR count). The maximum atomic E-state index is 11.4. The normalized spacial score (nSPS) is 16.2. The summed E-state index contributed by atoms with van der Waals surface area (Å²) in [5.41, 5.74) is 3.44. The molecule has 4 nitrogen and oxygen atoms in total. The molecule has 104 valence electrons. The summed E-state index contributed by atoms with van der Waals surface area (Å²) in [6, 6.07) is 15.2. The number of carbonyl (C=O) groups excluding carboxylic acids is 1. The van der Waals surface area contributed by atoms with Crippen LogP contribution in [0.1, 0.15) is 24.2 Å². The van der Waals surface area contributed by atoms with Crippen molar-refractivity contribution in [3.05, 3.63) is 59.7 Å². The van der Waals surface area contributed by atoms with Crippen molar-refractivity contribution in [3.8, 4) is 6.19 Å². The second-order valence-electron chi connectivity index (χ2n) is 4.93. The highest BCUT2D eigenvalue weighted by molar-refractivity contribution is 5.75. The van der Waals surface area contributed by atoms with Crippen LogP contribution < -0.4 is 4.90 Å². The Morgan fingerprint density at radius 1 is 1.19 bits per heavy atom. The van der Waals surface area contributed by atoms with E-state index < -0.39 is 0 Å². The lowest BCUT2D eigenvalue weighted by Crippen LogP contribution is -2.12. The summed E-state index contributed by atoms with van der Waals surface area (Å²) < 4.78 is 5.47. The van der Waals surface area contributed by atoms with Crippen molar-refractivity contribution in [1.82, 2.24) is 0 Å². The van der Waals surface area contributed by atoms with Crippen molar-refractivity contribution in [1.29, 1.82) is 5.26 Å². The van der Waals surface area contributed by atoms with E-state index >= 15 is 0 Å². The number of nitrogens with zero attached hydrogens (tertiary/aromatic N) is 2. The van der Waals surface area contributed by atoms with Gasteiger partial charge < -0.3 is 4.74 Å². The highest BCUT2D eigenvalue weighted by atomic mass is 16.5. The number of rotatable bonds is 1. The van der Waals surface area contributed by atoms with Gasteiger partial charge in [-0.15, -0.1) is 0 Å². The summed E-state index contributed by atoms with van der Waals surface area (Å²) in [4.78, 5) is 13.0. The van der Waals surface area contributed by atoms with Crippen molar-refractivity contribution < 1.29 is 9.53 Å². The molecule has 0 fully saturated rings. The SMILES string of the molecule is CC(=O)OC1Cc2ccccc2N(C#N)c2ccccc21. The number of para-hydroxylation sites is 2. The first kappa shape index (κ1) is 13.2. The zero-order valence-corrected chi connectivity index (χ0v) is 11.6. The van der Waals surface area contributed by atoms with E-state index in [1.54, 1.807) is 4.90 Å². The molecule has 21 heavy (non-hydrogen) atoms. The molecule has 2 aromatic rings. The second kappa shape index (κ2) is 5.29. The fourth-order valence-corrected chi connectivity index (χ4v) is 2.72. The van der Waals surface area contributed by atoms with E-state index in [1.807, 2.05) is 48.5 Å². The van der Waals surface area contributed by atoms with Crippen molar-refractivity contribution in [3.63, 3.8) is 0 Å². The topological polar surface area (TPSA) is 53.3 Å². The van der Waals surface area contributed by atoms with Crippen LogP contribution in [0.4, 0.5) is 11.4 Å². The van der Waals surface area contributed by atoms with Gasteiger partial charge in [-0.05, 0) is 17.7 Å². The standard InChI is InChI=1S/C17H14N2O2/c1-12(20)21-17-10-13-6-2-4-8-15(13)19(11-18)16-9-5-3-7-14(16)17/h2-9,17H,10H2,1H3. The molecule has 0 bridgehead atoms. The third-order valence-electron chi connectivity index (χ3n) is 3.57. The Balaban J connectivity index is 2.20. The number of hydrogen-bond donors (Lipinski definition) is 0. The number of esters is 1. The largest absolute Gasteiger partial charge is 0.457 e. The highest BCUT2D eigenvalue weighted by Gasteiger charge is 2.28. The number of fused-ring (bicyclic) bond motifs is 2. The maximum Gasteiger partial charge on any atom is 0.303 e. The van der Waals surface area contributed by atoms with E-state index in [4.69, 9.17) is 4.74 Å². The van der Waals surface area contributed by atoms with Gasteiger partial charge in [0.2, 0.25) is 0 Å². The molecule has 0 saturated heterocycles. The lowest BCUT2D eigenvalue weighted by atomic mass is 10.0. The molecular weight excluding hydrogens is 264 g/mol. The average Bonchev–Trinajstić information content (AvgIpc) is 2.61. The van der Waals surface area contributed by atoms with Gasteiger partial charge in [-0.2, -0.15) is 5.26 Å². The fourth-order valence-electron chi connectivity index (χ4n) is 2.72. The van der Waals surface area contributed by atoms with Crippen molar-refractivity contribution in [2.24, 2.45) is 0 Å². The fraction of sp³-hybridized carbons (Fsp3) is 0.176. The van der Waals surface area contributed by atoms with Gasteiger partial charge in [-0.3, -0.25) is 4.79 Å². The highest BCUT2D eigenvalue weighted by Crippen LogP contribution is 2.40. The first-order valence-corrected chi connectivity index (χ1v) is 6.74. The third kappa shape index (κ3) is 2.34. The van der Waals surface area contributed by atoms with Gasteiger partial charge >= 0.3 is 5.97 Å². The minimum absolute atomic E-state index is 0.322. The van der Waals surface area contributed by atoms with Crippen LogP contribution in [0, 0.1) is 11.5 Å². The Hall–Kier alpha value is -2.80. The Morgan fingerprint density at radius 2 is 1.86 bits per heavy atom. The van der Waals surface area contributed by atoms with Crippen molar-refractivity contribution in [2.75, 3.05) is 4.90 Å². The maximum absolute atomic E-state index is 11.4. The molecule has 0 aliphatic carbocycles.